The highest BCUT2D eigenvalue weighted by Gasteiger charge is 2.26. The fourth-order valence-electron chi connectivity index (χ4n) is 11.5. The van der Waals surface area contributed by atoms with E-state index in [-0.39, 0.29) is 5.82 Å². The zero-order chi connectivity index (χ0) is 61.3. The van der Waals surface area contributed by atoms with Crippen LogP contribution in [0.5, 0.6) is 5.75 Å². The van der Waals surface area contributed by atoms with Gasteiger partial charge in [0.1, 0.15) is 58.9 Å². The molecule has 0 unspecified atom stereocenters. The van der Waals surface area contributed by atoms with E-state index in [1.807, 2.05) is 60.7 Å². The molecule has 25 nitrogen and oxygen atoms in total. The van der Waals surface area contributed by atoms with Gasteiger partial charge in [0.25, 0.3) is 0 Å². The Morgan fingerprint density at radius 2 is 0.722 bits per heavy atom. The van der Waals surface area contributed by atoms with E-state index in [0.717, 1.165) is 167 Å². The number of aromatic nitrogens is 16. The van der Waals surface area contributed by atoms with Crippen molar-refractivity contribution in [2.75, 3.05) is 151 Å². The summed E-state index contributed by atoms with van der Waals surface area (Å²) in [5, 5.41) is 1.94. The maximum Gasteiger partial charge on any atom is 0.182 e. The number of para-hydroxylation sites is 1. The van der Waals surface area contributed by atoms with Crippen molar-refractivity contribution in [2.45, 2.75) is 0 Å². The lowest BCUT2D eigenvalue weighted by molar-refractivity contribution is 0.415. The van der Waals surface area contributed by atoms with E-state index >= 15 is 0 Å². The van der Waals surface area contributed by atoms with Crippen LogP contribution in [0, 0.1) is 5.82 Å². The molecule has 0 spiro atoms. The van der Waals surface area contributed by atoms with Crippen molar-refractivity contribution >= 4 is 125 Å². The number of anilines is 8. The van der Waals surface area contributed by atoms with Gasteiger partial charge in [0.15, 0.2) is 45.9 Å². The third-order valence-corrected chi connectivity index (χ3v) is 17.2. The van der Waals surface area contributed by atoms with Gasteiger partial charge in [-0.25, -0.2) is 64.2 Å². The number of imidazole rings is 4. The number of H-pyrrole nitrogens is 4. The topological polar surface area (TPSA) is 253 Å². The maximum atomic E-state index is 13.9. The number of benzene rings is 4. The van der Waals surface area contributed by atoms with E-state index in [1.165, 1.54) is 23.8 Å². The summed E-state index contributed by atoms with van der Waals surface area (Å²) in [4.78, 5) is 81.5. The van der Waals surface area contributed by atoms with Crippen LogP contribution < -0.4 is 43.9 Å². The molecule has 0 bridgehead atoms. The van der Waals surface area contributed by atoms with Crippen molar-refractivity contribution in [3.05, 3.63) is 162 Å². The van der Waals surface area contributed by atoms with Crippen LogP contribution in [0.2, 0.25) is 15.1 Å². The molecule has 4 N–H and O–H groups in total. The van der Waals surface area contributed by atoms with Crippen molar-refractivity contribution < 1.29 is 9.13 Å². The number of piperazine rings is 4. The SMILES string of the molecule is COc1ccc(N2CCN(c3ncnc4nc[nH]c34)CC2)cc1.Clc1ccc(N2CCN(c3ncnc4nc[nH]c34)CC2)cc1Cl.Clc1cccc(N2CCN(c3ncnc4nc[nH]c34)CC2)c1.Fc1ccccc1N1CCN(c2ncnc3nc[nH]c23)CC1. The van der Waals surface area contributed by atoms with Crippen LogP contribution in [0.3, 0.4) is 0 Å². The number of fused-ring (bicyclic) bond motifs is 4. The number of nitrogens with one attached hydrogen (secondary N) is 4. The van der Waals surface area contributed by atoms with Crippen LogP contribution in [0.15, 0.2) is 142 Å². The summed E-state index contributed by atoms with van der Waals surface area (Å²) < 4.78 is 19.1. The Morgan fingerprint density at radius 3 is 1.11 bits per heavy atom. The molecule has 4 aromatic carbocycles. The quantitative estimate of drug-likeness (QED) is 0.105. The first kappa shape index (κ1) is 59.1. The number of ether oxygens (including phenoxy) is 1. The number of rotatable bonds is 9. The van der Waals surface area contributed by atoms with Crippen LogP contribution >= 0.6 is 34.8 Å². The molecule has 0 atom stereocenters. The lowest BCUT2D eigenvalue weighted by Crippen LogP contribution is -2.47. The number of aromatic amines is 4. The maximum absolute atomic E-state index is 13.9. The van der Waals surface area contributed by atoms with Crippen LogP contribution in [-0.4, -0.2) is 192 Å². The molecule has 29 heteroatoms. The van der Waals surface area contributed by atoms with E-state index in [9.17, 15) is 4.39 Å². The standard InChI is InChI=1S/C16H18N6O.C15H14Cl2N6.C15H15ClN6.C15H15FN6/c1-23-13-4-2-12(3-5-13)21-6-8-22(9-7-21)16-14-15(18-10-17-14)19-11-20-16;16-11-2-1-10(7-12(11)17)22-3-5-23(6-4-22)15-13-14(19-8-18-13)20-9-21-15;16-11-2-1-3-12(8-11)21-4-6-22(7-5-21)15-13-14(18-9-17-13)19-10-20-15;16-11-3-1-2-4-12(11)21-5-7-22(8-6-21)15-13-14(18-9-17-13)19-10-20-15/h2-5,10-11H,6-9H2,1H3,(H,17,18,19,20);1-2,7-9H,3-6H2,(H,18,19,20,21);1-3,8-10H,4-7H2,(H,17,18,19,20);1-4,9-10H,5-8H2,(H,17,18,19,20). The average Bonchev–Trinajstić information content (AvgIpc) is 2.75. The number of hydrogen-bond donors (Lipinski definition) is 4. The second-order valence-corrected chi connectivity index (χ2v) is 22.6. The molecule has 12 heterocycles. The number of hydrogen-bond acceptors (Lipinski definition) is 21. The summed E-state index contributed by atoms with van der Waals surface area (Å²) in [6, 6.07) is 28.9. The Hall–Kier alpha value is -9.92. The molecule has 12 aromatic rings. The largest absolute Gasteiger partial charge is 0.497 e. The minimum absolute atomic E-state index is 0.172. The zero-order valence-electron chi connectivity index (χ0n) is 49.0. The van der Waals surface area contributed by atoms with Crippen LogP contribution in [0.1, 0.15) is 0 Å². The molecule has 0 amide bonds. The molecule has 16 rings (SSSR count). The molecular weight excluding hydrogens is 1210 g/mol. The highest BCUT2D eigenvalue weighted by Crippen LogP contribution is 2.31. The lowest BCUT2D eigenvalue weighted by Gasteiger charge is -2.36. The molecule has 4 aliphatic rings. The van der Waals surface area contributed by atoms with E-state index in [1.54, 1.807) is 57.5 Å². The Kier molecular flexibility index (Phi) is 17.9. The highest BCUT2D eigenvalue weighted by molar-refractivity contribution is 6.42. The van der Waals surface area contributed by atoms with E-state index < -0.39 is 0 Å². The molecule has 0 saturated carbocycles. The van der Waals surface area contributed by atoms with Crippen molar-refractivity contribution in [1.82, 2.24) is 79.7 Å². The fourth-order valence-corrected chi connectivity index (χ4v) is 12.0. The van der Waals surface area contributed by atoms with Gasteiger partial charge >= 0.3 is 0 Å². The predicted octanol–water partition coefficient (Wildman–Crippen LogP) is 8.83. The molecule has 4 aliphatic heterocycles. The molecular formula is C61H62Cl3FN24O. The number of nitrogens with zero attached hydrogens (tertiary/aromatic N) is 20. The minimum atomic E-state index is -0.172. The molecule has 0 aliphatic carbocycles. The van der Waals surface area contributed by atoms with Gasteiger partial charge in [-0.15, -0.1) is 0 Å². The normalized spacial score (nSPS) is 15.4. The van der Waals surface area contributed by atoms with Gasteiger partial charge in [-0.05, 0) is 72.8 Å². The van der Waals surface area contributed by atoms with Crippen molar-refractivity contribution in [3.8, 4) is 5.75 Å². The third kappa shape index (κ3) is 13.1. The molecule has 8 aromatic heterocycles. The molecule has 460 valence electrons. The van der Waals surface area contributed by atoms with Gasteiger partial charge in [0.2, 0.25) is 0 Å². The zero-order valence-corrected chi connectivity index (χ0v) is 51.2. The molecule has 4 saturated heterocycles. The van der Waals surface area contributed by atoms with E-state index in [2.05, 4.69) is 137 Å². The van der Waals surface area contributed by atoms with Crippen LogP contribution in [0.4, 0.5) is 50.4 Å². The number of methoxy groups -OCH3 is 1. The van der Waals surface area contributed by atoms with Crippen molar-refractivity contribution in [3.63, 3.8) is 0 Å². The minimum Gasteiger partial charge on any atom is -0.497 e. The summed E-state index contributed by atoms with van der Waals surface area (Å²) >= 11 is 18.2. The Balaban J connectivity index is 0.000000110. The van der Waals surface area contributed by atoms with Crippen molar-refractivity contribution in [1.29, 1.82) is 0 Å². The average molecular weight is 1270 g/mol. The summed E-state index contributed by atoms with van der Waals surface area (Å²) in [6.07, 6.45) is 12.8. The Morgan fingerprint density at radius 1 is 0.356 bits per heavy atom. The smallest absolute Gasteiger partial charge is 0.182 e. The van der Waals surface area contributed by atoms with Crippen LogP contribution in [0.25, 0.3) is 44.7 Å². The summed E-state index contributed by atoms with van der Waals surface area (Å²) in [7, 11) is 1.69. The Labute approximate surface area is 530 Å². The fraction of sp³-hybridized carbons (Fsp3) is 0.279. The van der Waals surface area contributed by atoms with Crippen LogP contribution in [-0.2, 0) is 0 Å². The van der Waals surface area contributed by atoms with Gasteiger partial charge in [-0.2, -0.15) is 0 Å². The van der Waals surface area contributed by atoms with Gasteiger partial charge in [-0.3, -0.25) is 0 Å². The molecule has 90 heavy (non-hydrogen) atoms. The first-order valence-corrected chi connectivity index (χ1v) is 30.5. The molecule has 0 radical (unpaired) electrons. The second kappa shape index (κ2) is 27.2. The Bertz CT molecular complexity index is 4330. The van der Waals surface area contributed by atoms with Crippen molar-refractivity contribution in [2.24, 2.45) is 0 Å². The van der Waals surface area contributed by atoms with E-state index in [4.69, 9.17) is 39.5 Å². The lowest BCUT2D eigenvalue weighted by atomic mass is 10.2. The van der Waals surface area contributed by atoms with Gasteiger partial charge in [0.05, 0.1) is 48.2 Å². The second-order valence-electron chi connectivity index (χ2n) is 21.3. The van der Waals surface area contributed by atoms with Gasteiger partial charge in [-0.1, -0.05) is 53.0 Å². The number of halogens is 4. The summed E-state index contributed by atoms with van der Waals surface area (Å²) in [6.45, 7) is 14.0. The summed E-state index contributed by atoms with van der Waals surface area (Å²) in [5.41, 5.74) is 10.5. The van der Waals surface area contributed by atoms with Gasteiger partial charge < -0.3 is 63.9 Å². The first-order valence-electron chi connectivity index (χ1n) is 29.4. The van der Waals surface area contributed by atoms with Gasteiger partial charge in [0, 0.05) is 127 Å². The third-order valence-electron chi connectivity index (χ3n) is 16.2. The predicted molar refractivity (Wildman–Crippen MR) is 352 cm³/mol. The van der Waals surface area contributed by atoms with E-state index in [0.29, 0.717) is 38.3 Å². The monoisotopic (exact) mass is 1270 g/mol. The first-order chi connectivity index (χ1) is 44.2. The molecule has 4 fully saturated rings. The highest BCUT2D eigenvalue weighted by atomic mass is 35.5. The summed E-state index contributed by atoms with van der Waals surface area (Å²) in [5.74, 6) is 4.33.